The van der Waals surface area contributed by atoms with Gasteiger partial charge in [-0.1, -0.05) is 79.8 Å². The molecule has 1 atom stereocenters. The average Bonchev–Trinajstić information content (AvgIpc) is 2.38. The van der Waals surface area contributed by atoms with Crippen LogP contribution in [0.25, 0.3) is 0 Å². The predicted octanol–water partition coefficient (Wildman–Crippen LogP) is 4.36. The van der Waals surface area contributed by atoms with Crippen LogP contribution < -0.4 is 0 Å². The Balaban J connectivity index is 2.26. The molecule has 2 rings (SSSR count). The van der Waals surface area contributed by atoms with Crippen molar-refractivity contribution < 1.29 is 5.11 Å². The van der Waals surface area contributed by atoms with Crippen LogP contribution in [0.5, 0.6) is 0 Å². The molecule has 0 fully saturated rings. The molecule has 1 nitrogen and oxygen atoms in total. The van der Waals surface area contributed by atoms with E-state index in [1.54, 1.807) is 0 Å². The highest BCUT2D eigenvalue weighted by Crippen LogP contribution is 2.29. The Kier molecular flexibility index (Phi) is 4.16. The van der Waals surface area contributed by atoms with Crippen LogP contribution in [0.15, 0.2) is 54.6 Å². The van der Waals surface area contributed by atoms with Crippen LogP contribution in [0, 0.1) is 0 Å². The summed E-state index contributed by atoms with van der Waals surface area (Å²) in [5, 5.41) is 10.8. The first-order chi connectivity index (χ1) is 9.29. The van der Waals surface area contributed by atoms with Crippen molar-refractivity contribution in [2.45, 2.75) is 38.2 Å². The molecule has 0 heterocycles. The van der Waals surface area contributed by atoms with Gasteiger partial charge in [-0.2, -0.15) is 0 Å². The van der Waals surface area contributed by atoms with E-state index < -0.39 is 13.7 Å². The molecule has 0 spiro atoms. The zero-order valence-electron chi connectivity index (χ0n) is 12.9. The van der Waals surface area contributed by atoms with E-state index in [0.717, 1.165) is 11.1 Å². The summed E-state index contributed by atoms with van der Waals surface area (Å²) in [5.41, 5.74) is 2.32. The molecule has 20 heavy (non-hydrogen) atoms. The van der Waals surface area contributed by atoms with Crippen molar-refractivity contribution in [2.24, 2.45) is 0 Å². The predicted molar refractivity (Wildman–Crippen MR) is 88.6 cm³/mol. The Hall–Kier alpha value is -1.38. The maximum absolute atomic E-state index is 10.8. The number of hydrogen-bond acceptors (Lipinski definition) is 1. The minimum Gasteiger partial charge on any atom is -0.381 e. The maximum atomic E-state index is 10.8. The number of rotatable bonds is 4. The molecule has 0 amide bonds. The van der Waals surface area contributed by atoms with Crippen LogP contribution in [0.1, 0.15) is 23.6 Å². The number of hydrogen-bond donors (Lipinski definition) is 1. The van der Waals surface area contributed by atoms with Gasteiger partial charge in [-0.15, -0.1) is 0 Å². The van der Waals surface area contributed by atoms with Crippen molar-refractivity contribution in [1.82, 2.24) is 0 Å². The van der Waals surface area contributed by atoms with E-state index in [0.29, 0.717) is 0 Å². The summed E-state index contributed by atoms with van der Waals surface area (Å²) in [6, 6.07) is 19.4. The summed E-state index contributed by atoms with van der Waals surface area (Å²) in [6.45, 7) is 8.99. The largest absolute Gasteiger partial charge is 0.381 e. The Morgan fingerprint density at radius 2 is 1.35 bits per heavy atom. The highest BCUT2D eigenvalue weighted by Gasteiger charge is 2.25. The molecule has 0 radical (unpaired) electrons. The second kappa shape index (κ2) is 5.55. The molecular formula is C18H24OSi. The van der Waals surface area contributed by atoms with Crippen molar-refractivity contribution >= 4 is 8.07 Å². The molecule has 0 saturated heterocycles. The van der Waals surface area contributed by atoms with Gasteiger partial charge in [-0.25, -0.2) is 0 Å². The normalized spacial score (nSPS) is 14.8. The fourth-order valence-electron chi connectivity index (χ4n) is 2.49. The number of benzene rings is 2. The third-order valence-corrected chi connectivity index (χ3v) is 5.06. The minimum atomic E-state index is -1.09. The molecule has 0 aromatic heterocycles. The Labute approximate surface area is 123 Å². The van der Waals surface area contributed by atoms with E-state index in [-0.39, 0.29) is 0 Å². The molecule has 0 bridgehead atoms. The van der Waals surface area contributed by atoms with Crippen molar-refractivity contribution in [3.8, 4) is 0 Å². The second-order valence-electron chi connectivity index (χ2n) is 6.87. The van der Waals surface area contributed by atoms with Crippen LogP contribution in [0.3, 0.4) is 0 Å². The smallest absolute Gasteiger partial charge is 0.112 e. The third kappa shape index (κ3) is 3.59. The van der Waals surface area contributed by atoms with E-state index in [2.05, 4.69) is 43.9 Å². The van der Waals surface area contributed by atoms with Gasteiger partial charge < -0.3 is 5.11 Å². The molecule has 2 aromatic rings. The summed E-state index contributed by atoms with van der Waals surface area (Å²) >= 11 is 0. The van der Waals surface area contributed by atoms with Crippen LogP contribution in [-0.2, 0) is 11.6 Å². The molecule has 2 aromatic carbocycles. The van der Waals surface area contributed by atoms with Gasteiger partial charge in [-0.05, 0) is 24.1 Å². The SMILES string of the molecule is CC(O)(c1ccccc1)c1ccc(C[Si](C)(C)C)cc1. The molecule has 0 aliphatic heterocycles. The van der Waals surface area contributed by atoms with Crippen LogP contribution in [0.2, 0.25) is 19.6 Å². The molecular weight excluding hydrogens is 260 g/mol. The summed E-state index contributed by atoms with van der Waals surface area (Å²) in [5.74, 6) is 0. The Morgan fingerprint density at radius 1 is 0.850 bits per heavy atom. The molecule has 0 saturated carbocycles. The lowest BCUT2D eigenvalue weighted by Gasteiger charge is -2.25. The zero-order chi connectivity index (χ0) is 14.8. The highest BCUT2D eigenvalue weighted by atomic mass is 28.3. The van der Waals surface area contributed by atoms with E-state index in [9.17, 15) is 5.11 Å². The van der Waals surface area contributed by atoms with Gasteiger partial charge in [0.15, 0.2) is 0 Å². The van der Waals surface area contributed by atoms with Crippen molar-refractivity contribution in [3.63, 3.8) is 0 Å². The Bertz CT molecular complexity index is 550. The molecule has 1 unspecified atom stereocenters. The lowest BCUT2D eigenvalue weighted by Crippen LogP contribution is -2.25. The monoisotopic (exact) mass is 284 g/mol. The standard InChI is InChI=1S/C18H24OSi/c1-18(19,16-8-6-5-7-9-16)17-12-10-15(11-13-17)14-20(2,3)4/h5-13,19H,14H2,1-4H3. The van der Waals surface area contributed by atoms with Gasteiger partial charge in [0.2, 0.25) is 0 Å². The molecule has 106 valence electrons. The third-order valence-electron chi connectivity index (χ3n) is 3.59. The summed E-state index contributed by atoms with van der Waals surface area (Å²) in [6.07, 6.45) is 0. The van der Waals surface area contributed by atoms with E-state index in [4.69, 9.17) is 0 Å². The Morgan fingerprint density at radius 3 is 1.85 bits per heavy atom. The van der Waals surface area contributed by atoms with Gasteiger partial charge in [0.25, 0.3) is 0 Å². The van der Waals surface area contributed by atoms with Crippen LogP contribution >= 0.6 is 0 Å². The van der Waals surface area contributed by atoms with Gasteiger partial charge in [0, 0.05) is 8.07 Å². The quantitative estimate of drug-likeness (QED) is 0.827. The van der Waals surface area contributed by atoms with E-state index >= 15 is 0 Å². The van der Waals surface area contributed by atoms with E-state index in [1.807, 2.05) is 37.3 Å². The minimum absolute atomic E-state index is 0.929. The van der Waals surface area contributed by atoms with Gasteiger partial charge in [0.05, 0.1) is 0 Å². The number of aliphatic hydroxyl groups is 1. The topological polar surface area (TPSA) is 20.2 Å². The molecule has 0 aliphatic carbocycles. The first-order valence-corrected chi connectivity index (χ1v) is 10.9. The second-order valence-corrected chi connectivity index (χ2v) is 12.3. The molecule has 1 N–H and O–H groups in total. The summed E-state index contributed by atoms with van der Waals surface area (Å²) in [4.78, 5) is 0. The fourth-order valence-corrected chi connectivity index (χ4v) is 3.95. The highest BCUT2D eigenvalue weighted by molar-refractivity contribution is 6.75. The van der Waals surface area contributed by atoms with Crippen molar-refractivity contribution in [2.75, 3.05) is 0 Å². The van der Waals surface area contributed by atoms with Gasteiger partial charge >= 0.3 is 0 Å². The van der Waals surface area contributed by atoms with Crippen LogP contribution in [-0.4, -0.2) is 13.2 Å². The van der Waals surface area contributed by atoms with Gasteiger partial charge in [0.1, 0.15) is 5.60 Å². The first-order valence-electron chi connectivity index (χ1n) is 7.16. The first kappa shape index (κ1) is 15.0. The summed E-state index contributed by atoms with van der Waals surface area (Å²) in [7, 11) is -1.09. The zero-order valence-corrected chi connectivity index (χ0v) is 13.9. The average molecular weight is 284 g/mol. The lowest BCUT2D eigenvalue weighted by atomic mass is 9.88. The van der Waals surface area contributed by atoms with Crippen molar-refractivity contribution in [3.05, 3.63) is 71.3 Å². The molecule has 0 aliphatic rings. The molecule has 2 heteroatoms. The fraction of sp³-hybridized carbons (Fsp3) is 0.333. The van der Waals surface area contributed by atoms with Crippen molar-refractivity contribution in [1.29, 1.82) is 0 Å². The lowest BCUT2D eigenvalue weighted by molar-refractivity contribution is 0.102. The maximum Gasteiger partial charge on any atom is 0.112 e. The van der Waals surface area contributed by atoms with E-state index in [1.165, 1.54) is 11.6 Å². The summed E-state index contributed by atoms with van der Waals surface area (Å²) < 4.78 is 0. The van der Waals surface area contributed by atoms with Crippen LogP contribution in [0.4, 0.5) is 0 Å². The van der Waals surface area contributed by atoms with Gasteiger partial charge in [-0.3, -0.25) is 0 Å².